The van der Waals surface area contributed by atoms with E-state index in [1.54, 1.807) is 6.07 Å². The van der Waals surface area contributed by atoms with Crippen molar-refractivity contribution in [3.05, 3.63) is 94.4 Å². The summed E-state index contributed by atoms with van der Waals surface area (Å²) in [6.45, 7) is -0.126. The van der Waals surface area contributed by atoms with Crippen molar-refractivity contribution in [2.24, 2.45) is 0 Å². The number of anilines is 1. The lowest BCUT2D eigenvalue weighted by Crippen LogP contribution is -2.35. The summed E-state index contributed by atoms with van der Waals surface area (Å²) >= 11 is 0. The Morgan fingerprint density at radius 3 is 2.61 bits per heavy atom. The molecule has 31 heavy (non-hydrogen) atoms. The van der Waals surface area contributed by atoms with Gasteiger partial charge in [-0.05, 0) is 48.6 Å². The summed E-state index contributed by atoms with van der Waals surface area (Å²) in [5.41, 5.74) is 2.46. The van der Waals surface area contributed by atoms with Crippen LogP contribution >= 0.6 is 0 Å². The summed E-state index contributed by atoms with van der Waals surface area (Å²) in [6.07, 6.45) is 3.77. The average molecular weight is 418 g/mol. The van der Waals surface area contributed by atoms with Crippen LogP contribution in [0.15, 0.2) is 77.7 Å². The van der Waals surface area contributed by atoms with E-state index in [-0.39, 0.29) is 24.1 Å². The molecule has 4 rings (SSSR count). The molecular formula is C24H26N4O3. The monoisotopic (exact) mass is 418 g/mol. The number of amides is 1. The highest BCUT2D eigenvalue weighted by molar-refractivity contribution is 5.90. The standard InChI is InChI=1S/C24H26N4O3/c29-22(16-28-23(30)7-4-14-25-28)27-19-10-8-17(9-11-19)15-20-12-13-21(26-20)24(31)18-5-2-1-3-6-18/h1-11,14,20-21,24,26,31H,12-13,15-16H2,(H,27,29)/t20-,21+,24?/m0/s1. The average Bonchev–Trinajstić information content (AvgIpc) is 3.25. The van der Waals surface area contributed by atoms with Crippen LogP contribution in [0.4, 0.5) is 5.69 Å². The Hall–Kier alpha value is -3.29. The van der Waals surface area contributed by atoms with Crippen LogP contribution in [0.2, 0.25) is 0 Å². The third-order valence-corrected chi connectivity index (χ3v) is 5.60. The highest BCUT2D eigenvalue weighted by Crippen LogP contribution is 2.26. The van der Waals surface area contributed by atoms with E-state index >= 15 is 0 Å². The SMILES string of the molecule is O=C(Cn1ncccc1=O)Nc1ccc(C[C@@H]2CC[C@H](C(O)c3ccccc3)N2)cc1. The molecule has 0 spiro atoms. The Morgan fingerprint density at radius 2 is 1.87 bits per heavy atom. The van der Waals surface area contributed by atoms with Gasteiger partial charge in [0.2, 0.25) is 5.91 Å². The molecule has 7 nitrogen and oxygen atoms in total. The van der Waals surface area contributed by atoms with Crippen molar-refractivity contribution in [3.63, 3.8) is 0 Å². The largest absolute Gasteiger partial charge is 0.387 e. The van der Waals surface area contributed by atoms with E-state index in [1.165, 1.54) is 12.3 Å². The molecule has 7 heteroatoms. The van der Waals surface area contributed by atoms with E-state index in [1.807, 2.05) is 54.6 Å². The zero-order chi connectivity index (χ0) is 21.6. The van der Waals surface area contributed by atoms with Crippen molar-refractivity contribution in [1.82, 2.24) is 15.1 Å². The van der Waals surface area contributed by atoms with Crippen LogP contribution in [0.3, 0.4) is 0 Å². The van der Waals surface area contributed by atoms with E-state index < -0.39 is 6.10 Å². The first-order valence-corrected chi connectivity index (χ1v) is 10.5. The van der Waals surface area contributed by atoms with E-state index in [9.17, 15) is 14.7 Å². The molecule has 2 aromatic carbocycles. The number of rotatable bonds is 7. The molecule has 3 N–H and O–H groups in total. The van der Waals surface area contributed by atoms with Crippen molar-refractivity contribution >= 4 is 11.6 Å². The van der Waals surface area contributed by atoms with Gasteiger partial charge in [0, 0.05) is 30.0 Å². The van der Waals surface area contributed by atoms with Crippen LogP contribution in [0.1, 0.15) is 30.1 Å². The molecule has 3 aromatic rings. The van der Waals surface area contributed by atoms with Gasteiger partial charge in [0.1, 0.15) is 6.54 Å². The molecule has 1 saturated heterocycles. The fraction of sp³-hybridized carbons (Fsp3) is 0.292. The lowest BCUT2D eigenvalue weighted by atomic mass is 10.0. The number of aliphatic hydroxyl groups is 1. The summed E-state index contributed by atoms with van der Waals surface area (Å²) in [6, 6.07) is 20.7. The minimum atomic E-state index is -0.504. The van der Waals surface area contributed by atoms with Crippen LogP contribution in [0.25, 0.3) is 0 Å². The first kappa shape index (κ1) is 21.0. The Bertz CT molecular complexity index is 1070. The maximum atomic E-state index is 12.2. The number of hydrogen-bond acceptors (Lipinski definition) is 5. The van der Waals surface area contributed by atoms with Gasteiger partial charge in [0.05, 0.1) is 6.10 Å². The van der Waals surface area contributed by atoms with Crippen molar-refractivity contribution in [2.45, 2.75) is 44.0 Å². The van der Waals surface area contributed by atoms with Gasteiger partial charge in [-0.15, -0.1) is 0 Å². The molecule has 0 radical (unpaired) electrons. The fourth-order valence-corrected chi connectivity index (χ4v) is 3.99. The summed E-state index contributed by atoms with van der Waals surface area (Å²) in [5, 5.41) is 20.9. The Kier molecular flexibility index (Phi) is 6.54. The molecule has 1 aliphatic heterocycles. The van der Waals surface area contributed by atoms with Gasteiger partial charge in [-0.2, -0.15) is 5.10 Å². The number of aromatic nitrogens is 2. The topological polar surface area (TPSA) is 96.2 Å². The first-order valence-electron chi connectivity index (χ1n) is 10.5. The van der Waals surface area contributed by atoms with Gasteiger partial charge in [-0.3, -0.25) is 9.59 Å². The fourth-order valence-electron chi connectivity index (χ4n) is 3.99. The zero-order valence-corrected chi connectivity index (χ0v) is 17.1. The van der Waals surface area contributed by atoms with Crippen LogP contribution < -0.4 is 16.2 Å². The van der Waals surface area contributed by atoms with Crippen LogP contribution in [-0.4, -0.2) is 32.9 Å². The second-order valence-corrected chi connectivity index (χ2v) is 7.87. The van der Waals surface area contributed by atoms with Gasteiger partial charge in [0.25, 0.3) is 5.56 Å². The highest BCUT2D eigenvalue weighted by Gasteiger charge is 2.29. The maximum Gasteiger partial charge on any atom is 0.267 e. The van der Waals surface area contributed by atoms with Crippen LogP contribution in [-0.2, 0) is 17.8 Å². The van der Waals surface area contributed by atoms with Gasteiger partial charge < -0.3 is 15.7 Å². The molecule has 1 aromatic heterocycles. The number of benzene rings is 2. The molecule has 0 saturated carbocycles. The predicted octanol–water partition coefficient (Wildman–Crippen LogP) is 2.28. The molecule has 2 heterocycles. The minimum Gasteiger partial charge on any atom is -0.387 e. The van der Waals surface area contributed by atoms with Crippen molar-refractivity contribution in [2.75, 3.05) is 5.32 Å². The van der Waals surface area contributed by atoms with Gasteiger partial charge in [-0.1, -0.05) is 42.5 Å². The molecule has 1 fully saturated rings. The number of carbonyl (C=O) groups is 1. The van der Waals surface area contributed by atoms with E-state index in [0.29, 0.717) is 11.7 Å². The predicted molar refractivity (Wildman–Crippen MR) is 119 cm³/mol. The summed E-state index contributed by atoms with van der Waals surface area (Å²) < 4.78 is 1.12. The summed E-state index contributed by atoms with van der Waals surface area (Å²) in [7, 11) is 0. The van der Waals surface area contributed by atoms with Crippen LogP contribution in [0, 0.1) is 0 Å². The van der Waals surface area contributed by atoms with E-state index in [0.717, 1.165) is 35.1 Å². The van der Waals surface area contributed by atoms with E-state index in [2.05, 4.69) is 15.7 Å². The molecule has 1 unspecified atom stereocenters. The number of hydrogen-bond donors (Lipinski definition) is 3. The normalized spacial score (nSPS) is 19.1. The van der Waals surface area contributed by atoms with Crippen molar-refractivity contribution < 1.29 is 9.90 Å². The molecule has 0 aliphatic carbocycles. The number of nitrogens with one attached hydrogen (secondary N) is 2. The lowest BCUT2D eigenvalue weighted by molar-refractivity contribution is -0.117. The molecule has 1 amide bonds. The molecular weight excluding hydrogens is 392 g/mol. The highest BCUT2D eigenvalue weighted by atomic mass is 16.3. The third kappa shape index (κ3) is 5.45. The Balaban J connectivity index is 1.28. The number of aliphatic hydroxyl groups excluding tert-OH is 1. The second kappa shape index (κ2) is 9.68. The van der Waals surface area contributed by atoms with Gasteiger partial charge in [-0.25, -0.2) is 4.68 Å². The molecule has 160 valence electrons. The molecule has 3 atom stereocenters. The van der Waals surface area contributed by atoms with Crippen LogP contribution in [0.5, 0.6) is 0 Å². The minimum absolute atomic E-state index is 0.0564. The Labute approximate surface area is 180 Å². The summed E-state index contributed by atoms with van der Waals surface area (Å²) in [4.78, 5) is 23.8. The smallest absolute Gasteiger partial charge is 0.267 e. The van der Waals surface area contributed by atoms with E-state index in [4.69, 9.17) is 0 Å². The second-order valence-electron chi connectivity index (χ2n) is 7.87. The maximum absolute atomic E-state index is 12.2. The van der Waals surface area contributed by atoms with Crippen molar-refractivity contribution in [3.8, 4) is 0 Å². The summed E-state index contributed by atoms with van der Waals surface area (Å²) in [5.74, 6) is -0.302. The first-order chi connectivity index (χ1) is 15.1. The van der Waals surface area contributed by atoms with Crippen molar-refractivity contribution in [1.29, 1.82) is 0 Å². The lowest BCUT2D eigenvalue weighted by Gasteiger charge is -2.20. The molecule has 1 aliphatic rings. The van der Waals surface area contributed by atoms with Gasteiger partial charge >= 0.3 is 0 Å². The molecule has 0 bridgehead atoms. The Morgan fingerprint density at radius 1 is 1.10 bits per heavy atom. The van der Waals surface area contributed by atoms with Gasteiger partial charge in [0.15, 0.2) is 0 Å². The number of carbonyl (C=O) groups excluding carboxylic acids is 1. The quantitative estimate of drug-likeness (QED) is 0.547. The third-order valence-electron chi connectivity index (χ3n) is 5.60. The zero-order valence-electron chi connectivity index (χ0n) is 17.1. The number of nitrogens with zero attached hydrogens (tertiary/aromatic N) is 2.